The molecule has 0 amide bonds. The van der Waals surface area contributed by atoms with E-state index in [0.29, 0.717) is 11.5 Å². The number of phenolic OH excluding ortho intramolecular Hbond substituents is 1. The quantitative estimate of drug-likeness (QED) is 0.410. The number of aromatic nitrogens is 2. The smallest absolute Gasteiger partial charge is 0.151 e. The highest BCUT2D eigenvalue weighted by molar-refractivity contribution is 7.22. The van der Waals surface area contributed by atoms with Gasteiger partial charge in [0, 0.05) is 11.4 Å². The average molecular weight is 417 g/mol. The van der Waals surface area contributed by atoms with E-state index in [0.717, 1.165) is 28.1 Å². The second-order valence-electron chi connectivity index (χ2n) is 7.69. The Bertz CT molecular complexity index is 1150. The van der Waals surface area contributed by atoms with Crippen molar-refractivity contribution < 1.29 is 5.11 Å². The number of hydrogen-bond donors (Lipinski definition) is 2. The summed E-state index contributed by atoms with van der Waals surface area (Å²) in [5.74, 6) is 0.908. The van der Waals surface area contributed by atoms with Gasteiger partial charge in [0.2, 0.25) is 0 Å². The molecule has 0 atom stereocenters. The number of para-hydroxylation sites is 2. The molecule has 5 nitrogen and oxygen atoms in total. The lowest BCUT2D eigenvalue weighted by molar-refractivity contribution is 0.343. The minimum absolute atomic E-state index is 0.200. The molecule has 0 saturated carbocycles. The molecule has 5 rings (SSSR count). The van der Waals surface area contributed by atoms with Crippen LogP contribution in [0.4, 0.5) is 11.5 Å². The molecule has 0 radical (unpaired) electrons. The largest absolute Gasteiger partial charge is 0.506 e. The normalized spacial score (nSPS) is 14.4. The zero-order valence-corrected chi connectivity index (χ0v) is 17.5. The molecule has 2 N–H and O–H groups in total. The van der Waals surface area contributed by atoms with E-state index in [-0.39, 0.29) is 5.75 Å². The number of aromatic hydroxyl groups is 1. The zero-order chi connectivity index (χ0) is 20.3. The van der Waals surface area contributed by atoms with E-state index < -0.39 is 0 Å². The number of thiophene rings is 1. The van der Waals surface area contributed by atoms with Crippen LogP contribution in [0.3, 0.4) is 0 Å². The summed E-state index contributed by atoms with van der Waals surface area (Å²) >= 11 is 1.66. The fourth-order valence-electron chi connectivity index (χ4n) is 3.92. The SMILES string of the molecule is Oc1ccccc1Nc1ncnc2cc(-c3ccc(CCN4CCCC4)cc3)sc12. The summed E-state index contributed by atoms with van der Waals surface area (Å²) in [6.07, 6.45) is 5.35. The monoisotopic (exact) mass is 416 g/mol. The van der Waals surface area contributed by atoms with Crippen molar-refractivity contribution in [2.45, 2.75) is 19.3 Å². The van der Waals surface area contributed by atoms with E-state index in [1.54, 1.807) is 29.8 Å². The maximum atomic E-state index is 10.1. The average Bonchev–Trinajstić information content (AvgIpc) is 3.44. The van der Waals surface area contributed by atoms with Crippen LogP contribution in [0.2, 0.25) is 0 Å². The van der Waals surface area contributed by atoms with Crippen molar-refractivity contribution in [3.05, 3.63) is 66.5 Å². The minimum Gasteiger partial charge on any atom is -0.506 e. The molecule has 0 spiro atoms. The zero-order valence-electron chi connectivity index (χ0n) is 16.7. The van der Waals surface area contributed by atoms with Crippen molar-refractivity contribution in [3.8, 4) is 16.2 Å². The number of phenols is 1. The lowest BCUT2D eigenvalue weighted by Crippen LogP contribution is -2.21. The first-order valence-electron chi connectivity index (χ1n) is 10.4. The second-order valence-corrected chi connectivity index (χ2v) is 8.74. The lowest BCUT2D eigenvalue weighted by atomic mass is 10.1. The van der Waals surface area contributed by atoms with Gasteiger partial charge in [0.15, 0.2) is 5.82 Å². The van der Waals surface area contributed by atoms with Crippen LogP contribution >= 0.6 is 11.3 Å². The number of fused-ring (bicyclic) bond motifs is 1. The minimum atomic E-state index is 0.200. The molecule has 3 heterocycles. The van der Waals surface area contributed by atoms with Gasteiger partial charge in [0.25, 0.3) is 0 Å². The Labute approximate surface area is 180 Å². The van der Waals surface area contributed by atoms with Gasteiger partial charge in [-0.25, -0.2) is 9.97 Å². The predicted octanol–water partition coefficient (Wildman–Crippen LogP) is 5.45. The molecule has 1 fully saturated rings. The van der Waals surface area contributed by atoms with Gasteiger partial charge in [0.1, 0.15) is 12.1 Å². The first kappa shape index (κ1) is 19.0. The molecule has 4 aromatic rings. The molecule has 2 aromatic heterocycles. The van der Waals surface area contributed by atoms with E-state index in [9.17, 15) is 5.11 Å². The van der Waals surface area contributed by atoms with Crippen molar-refractivity contribution >= 4 is 33.1 Å². The van der Waals surface area contributed by atoms with Crippen LogP contribution in [0, 0.1) is 0 Å². The van der Waals surface area contributed by atoms with Gasteiger partial charge in [-0.1, -0.05) is 36.4 Å². The number of nitrogens with zero attached hydrogens (tertiary/aromatic N) is 3. The molecule has 152 valence electrons. The number of nitrogens with one attached hydrogen (secondary N) is 1. The Morgan fingerprint density at radius 3 is 2.60 bits per heavy atom. The molecule has 0 aliphatic carbocycles. The predicted molar refractivity (Wildman–Crippen MR) is 124 cm³/mol. The Morgan fingerprint density at radius 2 is 1.80 bits per heavy atom. The molecule has 1 aliphatic heterocycles. The first-order valence-corrected chi connectivity index (χ1v) is 11.2. The molecule has 0 unspecified atom stereocenters. The fourth-order valence-corrected chi connectivity index (χ4v) is 4.98. The van der Waals surface area contributed by atoms with Gasteiger partial charge in [-0.05, 0) is 61.7 Å². The number of rotatable bonds is 6. The number of likely N-dealkylation sites (tertiary alicyclic amines) is 1. The number of anilines is 2. The van der Waals surface area contributed by atoms with Gasteiger partial charge in [0.05, 0.1) is 15.9 Å². The molecule has 1 aliphatic rings. The van der Waals surface area contributed by atoms with Crippen LogP contribution in [0.1, 0.15) is 18.4 Å². The van der Waals surface area contributed by atoms with Crippen LogP contribution in [-0.2, 0) is 6.42 Å². The molecular weight excluding hydrogens is 392 g/mol. The summed E-state index contributed by atoms with van der Waals surface area (Å²) in [5, 5.41) is 13.3. The van der Waals surface area contributed by atoms with Crippen molar-refractivity contribution in [2.24, 2.45) is 0 Å². The van der Waals surface area contributed by atoms with Crippen molar-refractivity contribution in [2.75, 3.05) is 25.0 Å². The fraction of sp³-hybridized carbons (Fsp3) is 0.250. The topological polar surface area (TPSA) is 61.3 Å². The summed E-state index contributed by atoms with van der Waals surface area (Å²) in [6, 6.07) is 18.2. The summed E-state index contributed by atoms with van der Waals surface area (Å²) in [5.41, 5.74) is 4.11. The lowest BCUT2D eigenvalue weighted by Gasteiger charge is -2.14. The van der Waals surface area contributed by atoms with Crippen molar-refractivity contribution in [3.63, 3.8) is 0 Å². The van der Waals surface area contributed by atoms with Crippen LogP contribution in [0.15, 0.2) is 60.9 Å². The maximum absolute atomic E-state index is 10.1. The summed E-state index contributed by atoms with van der Waals surface area (Å²) < 4.78 is 0.980. The van der Waals surface area contributed by atoms with Gasteiger partial charge in [-0.15, -0.1) is 11.3 Å². The second kappa shape index (κ2) is 8.42. The Balaban J connectivity index is 1.36. The third kappa shape index (κ3) is 4.01. The highest BCUT2D eigenvalue weighted by Crippen LogP contribution is 2.37. The van der Waals surface area contributed by atoms with Gasteiger partial charge >= 0.3 is 0 Å². The van der Waals surface area contributed by atoms with Crippen LogP contribution in [0.25, 0.3) is 20.7 Å². The first-order chi connectivity index (χ1) is 14.8. The molecule has 0 bridgehead atoms. The third-order valence-electron chi connectivity index (χ3n) is 5.62. The summed E-state index contributed by atoms with van der Waals surface area (Å²) in [7, 11) is 0. The standard InChI is InChI=1S/C24H24N4OS/c29-21-6-2-1-5-19(21)27-24-23-20(25-16-26-24)15-22(30-23)18-9-7-17(8-10-18)11-14-28-12-3-4-13-28/h1-2,5-10,15-16,29H,3-4,11-14H2,(H,25,26,27). The van der Waals surface area contributed by atoms with Crippen molar-refractivity contribution in [1.29, 1.82) is 0 Å². The van der Waals surface area contributed by atoms with E-state index in [2.05, 4.69) is 50.5 Å². The van der Waals surface area contributed by atoms with Crippen LogP contribution in [0.5, 0.6) is 5.75 Å². The van der Waals surface area contributed by atoms with Gasteiger partial charge in [-0.2, -0.15) is 0 Å². The molecule has 2 aromatic carbocycles. The Hall–Kier alpha value is -2.96. The third-order valence-corrected chi connectivity index (χ3v) is 6.80. The molecule has 6 heteroatoms. The van der Waals surface area contributed by atoms with E-state index in [4.69, 9.17) is 0 Å². The van der Waals surface area contributed by atoms with Gasteiger partial charge < -0.3 is 15.3 Å². The van der Waals surface area contributed by atoms with E-state index >= 15 is 0 Å². The van der Waals surface area contributed by atoms with E-state index in [1.165, 1.54) is 37.1 Å². The highest BCUT2D eigenvalue weighted by Gasteiger charge is 2.13. The highest BCUT2D eigenvalue weighted by atomic mass is 32.1. The molecule has 30 heavy (non-hydrogen) atoms. The van der Waals surface area contributed by atoms with Crippen molar-refractivity contribution in [1.82, 2.24) is 14.9 Å². The molecule has 1 saturated heterocycles. The Morgan fingerprint density at radius 1 is 1.00 bits per heavy atom. The summed E-state index contributed by atoms with van der Waals surface area (Å²) in [4.78, 5) is 12.6. The number of benzene rings is 2. The summed E-state index contributed by atoms with van der Waals surface area (Å²) in [6.45, 7) is 3.65. The molecular formula is C24H24N4OS. The van der Waals surface area contributed by atoms with Gasteiger partial charge in [-0.3, -0.25) is 0 Å². The van der Waals surface area contributed by atoms with E-state index in [1.807, 2.05) is 12.1 Å². The van der Waals surface area contributed by atoms with Crippen LogP contribution < -0.4 is 5.32 Å². The maximum Gasteiger partial charge on any atom is 0.151 e. The van der Waals surface area contributed by atoms with Crippen LogP contribution in [-0.4, -0.2) is 39.6 Å². The Kier molecular flexibility index (Phi) is 5.34. The number of hydrogen-bond acceptors (Lipinski definition) is 6.